The van der Waals surface area contributed by atoms with Crippen molar-refractivity contribution in [3.05, 3.63) is 108 Å². The van der Waals surface area contributed by atoms with Gasteiger partial charge in [0.1, 0.15) is 17.3 Å². The highest BCUT2D eigenvalue weighted by Crippen LogP contribution is 2.31. The molecule has 0 unspecified atom stereocenters. The first-order valence-corrected chi connectivity index (χ1v) is 10.4. The molecule has 1 aromatic heterocycles. The largest absolute Gasteiger partial charge is 0.496 e. The molecule has 4 aromatic rings. The average molecular weight is 429 g/mol. The number of halogens is 1. The summed E-state index contributed by atoms with van der Waals surface area (Å²) >= 11 is 0. The lowest BCUT2D eigenvalue weighted by Gasteiger charge is -2.15. The minimum absolute atomic E-state index is 0.332. The van der Waals surface area contributed by atoms with Crippen LogP contribution in [0, 0.1) is 5.82 Å². The summed E-state index contributed by atoms with van der Waals surface area (Å²) in [7, 11) is 1.58. The van der Waals surface area contributed by atoms with Crippen LogP contribution in [-0.4, -0.2) is 22.8 Å². The number of methoxy groups -OCH3 is 1. The van der Waals surface area contributed by atoms with Gasteiger partial charge in [-0.05, 0) is 30.7 Å². The summed E-state index contributed by atoms with van der Waals surface area (Å²) in [5.41, 5.74) is 3.11. The van der Waals surface area contributed by atoms with Gasteiger partial charge in [0, 0.05) is 17.3 Å². The number of carbonyl (C=O) groups excluding carboxylic acids is 1. The van der Waals surface area contributed by atoms with Gasteiger partial charge >= 0.3 is 0 Å². The molecule has 162 valence electrons. The van der Waals surface area contributed by atoms with Crippen molar-refractivity contribution in [3.63, 3.8) is 0 Å². The van der Waals surface area contributed by atoms with Crippen LogP contribution in [0.4, 0.5) is 4.39 Å². The molecule has 32 heavy (non-hydrogen) atoms. The predicted molar refractivity (Wildman–Crippen MR) is 122 cm³/mol. The summed E-state index contributed by atoms with van der Waals surface area (Å²) in [4.78, 5) is 13.3. The number of carbonyl (C=O) groups is 1. The summed E-state index contributed by atoms with van der Waals surface area (Å²) in [5.74, 6) is -0.0698. The first-order valence-electron chi connectivity index (χ1n) is 10.4. The number of ether oxygens (including phenoxy) is 1. The van der Waals surface area contributed by atoms with Crippen LogP contribution in [0.2, 0.25) is 0 Å². The molecule has 1 amide bonds. The highest BCUT2D eigenvalue weighted by Gasteiger charge is 2.23. The Morgan fingerprint density at radius 2 is 1.72 bits per heavy atom. The number of nitrogens with one attached hydrogen (secondary N) is 1. The van der Waals surface area contributed by atoms with Crippen molar-refractivity contribution in [3.8, 4) is 17.0 Å². The molecule has 0 spiro atoms. The fraction of sp³-hybridized carbons (Fsp3) is 0.154. The maximum absolute atomic E-state index is 14.2. The molecule has 0 bridgehead atoms. The third-order valence-corrected chi connectivity index (χ3v) is 5.28. The summed E-state index contributed by atoms with van der Waals surface area (Å²) in [6.07, 6.45) is 1.72. The maximum atomic E-state index is 14.2. The fourth-order valence-electron chi connectivity index (χ4n) is 3.66. The number of hydrogen-bond donors (Lipinski definition) is 1. The molecule has 0 saturated heterocycles. The van der Waals surface area contributed by atoms with E-state index in [1.54, 1.807) is 43.1 Å². The van der Waals surface area contributed by atoms with Crippen LogP contribution in [0.15, 0.2) is 85.1 Å². The fourth-order valence-corrected chi connectivity index (χ4v) is 3.66. The molecule has 4 rings (SSSR count). The minimum Gasteiger partial charge on any atom is -0.496 e. The van der Waals surface area contributed by atoms with E-state index in [2.05, 4.69) is 5.32 Å². The molecule has 6 heteroatoms. The van der Waals surface area contributed by atoms with E-state index in [-0.39, 0.29) is 11.7 Å². The number of aromatic nitrogens is 2. The summed E-state index contributed by atoms with van der Waals surface area (Å²) in [5, 5.41) is 7.61. The smallest absolute Gasteiger partial charge is 0.255 e. The van der Waals surface area contributed by atoms with E-state index in [0.717, 1.165) is 5.56 Å². The van der Waals surface area contributed by atoms with Gasteiger partial charge < -0.3 is 10.1 Å². The lowest BCUT2D eigenvalue weighted by Crippen LogP contribution is -2.27. The number of para-hydroxylation sites is 1. The zero-order valence-electron chi connectivity index (χ0n) is 18.0. The Morgan fingerprint density at radius 3 is 2.47 bits per heavy atom. The zero-order chi connectivity index (χ0) is 22.5. The molecule has 0 radical (unpaired) electrons. The van der Waals surface area contributed by atoms with Gasteiger partial charge in [-0.3, -0.25) is 9.48 Å². The Kier molecular flexibility index (Phi) is 6.31. The second-order valence-corrected chi connectivity index (χ2v) is 7.49. The number of hydrogen-bond acceptors (Lipinski definition) is 3. The molecule has 0 fully saturated rings. The van der Waals surface area contributed by atoms with E-state index in [4.69, 9.17) is 9.84 Å². The van der Waals surface area contributed by atoms with Crippen LogP contribution in [0.1, 0.15) is 34.5 Å². The van der Waals surface area contributed by atoms with Gasteiger partial charge in [0.2, 0.25) is 0 Å². The Morgan fingerprint density at radius 1 is 1.03 bits per heavy atom. The molecule has 1 heterocycles. The second-order valence-electron chi connectivity index (χ2n) is 7.49. The lowest BCUT2D eigenvalue weighted by atomic mass is 10.0. The average Bonchev–Trinajstić information content (AvgIpc) is 3.23. The molecule has 0 saturated carbocycles. The molecule has 3 aromatic carbocycles. The van der Waals surface area contributed by atoms with Crippen molar-refractivity contribution in [2.24, 2.45) is 0 Å². The maximum Gasteiger partial charge on any atom is 0.255 e. The molecule has 1 atom stereocenters. The first-order chi connectivity index (χ1) is 15.6. The van der Waals surface area contributed by atoms with E-state index in [1.807, 2.05) is 54.6 Å². The number of nitrogens with zero attached hydrogens (tertiary/aromatic N) is 2. The molecule has 5 nitrogen and oxygen atoms in total. The van der Waals surface area contributed by atoms with Crippen molar-refractivity contribution < 1.29 is 13.9 Å². The van der Waals surface area contributed by atoms with Crippen LogP contribution in [0.5, 0.6) is 5.75 Å². The van der Waals surface area contributed by atoms with E-state index >= 15 is 0 Å². The van der Waals surface area contributed by atoms with Gasteiger partial charge in [-0.1, -0.05) is 60.7 Å². The van der Waals surface area contributed by atoms with E-state index in [9.17, 15) is 9.18 Å². The lowest BCUT2D eigenvalue weighted by molar-refractivity contribution is 0.0940. The molecular weight excluding hydrogens is 405 g/mol. The monoisotopic (exact) mass is 429 g/mol. The van der Waals surface area contributed by atoms with Crippen LogP contribution in [0.25, 0.3) is 11.3 Å². The SMILES string of the molecule is COc1ccccc1-c1nn(Cc2ccccc2)cc1C(=O)N[C@H](C)c1ccccc1F. The van der Waals surface area contributed by atoms with Gasteiger partial charge in [0.05, 0.1) is 25.3 Å². The Hall–Kier alpha value is -3.93. The van der Waals surface area contributed by atoms with E-state index in [0.29, 0.717) is 34.7 Å². The third-order valence-electron chi connectivity index (χ3n) is 5.28. The summed E-state index contributed by atoms with van der Waals surface area (Å²) < 4.78 is 21.4. The third kappa shape index (κ3) is 4.54. The van der Waals surface area contributed by atoms with Gasteiger partial charge in [-0.15, -0.1) is 0 Å². The highest BCUT2D eigenvalue weighted by molar-refractivity contribution is 6.00. The summed E-state index contributed by atoms with van der Waals surface area (Å²) in [6, 6.07) is 23.2. The Balaban J connectivity index is 1.70. The van der Waals surface area contributed by atoms with Gasteiger partial charge in [-0.2, -0.15) is 5.10 Å². The van der Waals surface area contributed by atoms with Crippen LogP contribution in [0.3, 0.4) is 0 Å². The first kappa shape index (κ1) is 21.3. The van der Waals surface area contributed by atoms with Crippen molar-refractivity contribution in [1.29, 1.82) is 0 Å². The summed E-state index contributed by atoms with van der Waals surface area (Å²) in [6.45, 7) is 2.27. The molecule has 0 aliphatic rings. The molecule has 0 aliphatic carbocycles. The van der Waals surface area contributed by atoms with Crippen LogP contribution >= 0.6 is 0 Å². The number of rotatable bonds is 7. The minimum atomic E-state index is -0.508. The zero-order valence-corrected chi connectivity index (χ0v) is 18.0. The Bertz CT molecular complexity index is 1220. The number of benzene rings is 3. The van der Waals surface area contributed by atoms with Crippen molar-refractivity contribution in [2.45, 2.75) is 19.5 Å². The van der Waals surface area contributed by atoms with Gasteiger partial charge in [0.15, 0.2) is 0 Å². The predicted octanol–water partition coefficient (Wildman–Crippen LogP) is 5.24. The quantitative estimate of drug-likeness (QED) is 0.437. The van der Waals surface area contributed by atoms with E-state index in [1.165, 1.54) is 6.07 Å². The molecular formula is C26H24FN3O2. The topological polar surface area (TPSA) is 56.2 Å². The highest BCUT2D eigenvalue weighted by atomic mass is 19.1. The second kappa shape index (κ2) is 9.47. The van der Waals surface area contributed by atoms with Gasteiger partial charge in [-0.25, -0.2) is 4.39 Å². The van der Waals surface area contributed by atoms with Crippen LogP contribution in [-0.2, 0) is 6.54 Å². The normalized spacial score (nSPS) is 11.7. The molecule has 0 aliphatic heterocycles. The van der Waals surface area contributed by atoms with Crippen molar-refractivity contribution >= 4 is 5.91 Å². The molecule has 1 N–H and O–H groups in total. The van der Waals surface area contributed by atoms with E-state index < -0.39 is 6.04 Å². The van der Waals surface area contributed by atoms with Gasteiger partial charge in [0.25, 0.3) is 5.91 Å². The number of amides is 1. The Labute approximate surface area is 186 Å². The van der Waals surface area contributed by atoms with Crippen molar-refractivity contribution in [1.82, 2.24) is 15.1 Å². The van der Waals surface area contributed by atoms with Crippen LogP contribution < -0.4 is 10.1 Å². The standard InChI is InChI=1S/C26H24FN3O2/c1-18(20-12-6-8-14-23(20)27)28-26(31)22-17-30(16-19-10-4-3-5-11-19)29-25(22)21-13-7-9-15-24(21)32-2/h3-15,17-18H,16H2,1-2H3,(H,28,31)/t18-/m1/s1. The van der Waals surface area contributed by atoms with Crippen molar-refractivity contribution in [2.75, 3.05) is 7.11 Å².